The summed E-state index contributed by atoms with van der Waals surface area (Å²) in [5.74, 6) is 0.564. The molecule has 0 radical (unpaired) electrons. The summed E-state index contributed by atoms with van der Waals surface area (Å²) in [6.07, 6.45) is -0.554. The molecule has 0 saturated heterocycles. The van der Waals surface area contributed by atoms with Crippen LogP contribution in [-0.2, 0) is 4.79 Å². The molecule has 18 heavy (non-hydrogen) atoms. The van der Waals surface area contributed by atoms with E-state index in [4.69, 9.17) is 9.84 Å². The summed E-state index contributed by atoms with van der Waals surface area (Å²) in [6.45, 7) is 5.86. The van der Waals surface area contributed by atoms with Gasteiger partial charge in [0.15, 0.2) is 6.10 Å². The fraction of sp³-hybridized carbons (Fsp3) is 0.500. The smallest absolute Gasteiger partial charge is 0.263 e. The van der Waals surface area contributed by atoms with Crippen molar-refractivity contribution < 1.29 is 14.6 Å². The Labute approximate surface area is 108 Å². The summed E-state index contributed by atoms with van der Waals surface area (Å²) in [7, 11) is 0. The average Bonchev–Trinajstić information content (AvgIpc) is 2.36. The second-order valence-corrected chi connectivity index (χ2v) is 4.42. The van der Waals surface area contributed by atoms with E-state index in [0.717, 1.165) is 0 Å². The Morgan fingerprint density at radius 1 is 1.28 bits per heavy atom. The Balaban J connectivity index is 2.65. The molecule has 0 spiro atoms. The van der Waals surface area contributed by atoms with E-state index in [2.05, 4.69) is 0 Å². The van der Waals surface area contributed by atoms with Crippen molar-refractivity contribution in [2.45, 2.75) is 32.9 Å². The number of nitrogens with zero attached hydrogens (tertiary/aromatic N) is 1. The van der Waals surface area contributed by atoms with Crippen LogP contribution in [0.3, 0.4) is 0 Å². The largest absolute Gasteiger partial charge is 0.481 e. The van der Waals surface area contributed by atoms with Gasteiger partial charge in [0.1, 0.15) is 5.75 Å². The number of hydrogen-bond acceptors (Lipinski definition) is 3. The van der Waals surface area contributed by atoms with Crippen molar-refractivity contribution in [2.24, 2.45) is 0 Å². The lowest BCUT2D eigenvalue weighted by Crippen LogP contribution is -2.45. The molecule has 0 fully saturated rings. The highest BCUT2D eigenvalue weighted by atomic mass is 16.5. The lowest BCUT2D eigenvalue weighted by atomic mass is 10.2. The zero-order chi connectivity index (χ0) is 13.5. The van der Waals surface area contributed by atoms with Crippen LogP contribution in [0.25, 0.3) is 0 Å². The zero-order valence-corrected chi connectivity index (χ0v) is 11.2. The van der Waals surface area contributed by atoms with Crippen LogP contribution in [0.2, 0.25) is 0 Å². The molecule has 4 heteroatoms. The number of aliphatic hydroxyl groups is 1. The maximum absolute atomic E-state index is 12.2. The zero-order valence-electron chi connectivity index (χ0n) is 11.2. The molecule has 0 aromatic heterocycles. The fourth-order valence-electron chi connectivity index (χ4n) is 1.72. The molecule has 0 aliphatic rings. The molecule has 100 valence electrons. The molecule has 1 unspecified atom stereocenters. The molecule has 4 nitrogen and oxygen atoms in total. The maximum Gasteiger partial charge on any atom is 0.263 e. The van der Waals surface area contributed by atoms with Crippen molar-refractivity contribution in [3.8, 4) is 5.75 Å². The van der Waals surface area contributed by atoms with Crippen molar-refractivity contribution in [1.29, 1.82) is 0 Å². The number of para-hydroxylation sites is 1. The molecule has 1 amide bonds. The van der Waals surface area contributed by atoms with E-state index < -0.39 is 6.10 Å². The average molecular weight is 251 g/mol. The van der Waals surface area contributed by atoms with Crippen LogP contribution in [0, 0.1) is 0 Å². The third kappa shape index (κ3) is 4.04. The van der Waals surface area contributed by atoms with Gasteiger partial charge < -0.3 is 14.7 Å². The normalized spacial score (nSPS) is 12.3. The summed E-state index contributed by atoms with van der Waals surface area (Å²) in [5, 5.41) is 8.97. The van der Waals surface area contributed by atoms with Gasteiger partial charge in [-0.2, -0.15) is 0 Å². The van der Waals surface area contributed by atoms with E-state index in [1.54, 1.807) is 11.8 Å². The van der Waals surface area contributed by atoms with Crippen LogP contribution in [-0.4, -0.2) is 41.2 Å². The first-order valence-electron chi connectivity index (χ1n) is 6.19. The molecule has 1 rings (SSSR count). The molecule has 0 saturated carbocycles. The van der Waals surface area contributed by atoms with Crippen LogP contribution >= 0.6 is 0 Å². The van der Waals surface area contributed by atoms with Gasteiger partial charge in [-0.3, -0.25) is 4.79 Å². The van der Waals surface area contributed by atoms with Gasteiger partial charge in [-0.25, -0.2) is 0 Å². The molecule has 1 aromatic carbocycles. The Morgan fingerprint density at radius 2 is 1.89 bits per heavy atom. The van der Waals surface area contributed by atoms with Gasteiger partial charge in [0, 0.05) is 12.6 Å². The molecule has 0 bridgehead atoms. The number of aliphatic hydroxyl groups excluding tert-OH is 1. The van der Waals surface area contributed by atoms with Gasteiger partial charge in [0.2, 0.25) is 0 Å². The van der Waals surface area contributed by atoms with Crippen LogP contribution in [0.5, 0.6) is 5.75 Å². The Bertz CT molecular complexity index is 365. The van der Waals surface area contributed by atoms with Gasteiger partial charge in [-0.15, -0.1) is 0 Å². The third-order valence-corrected chi connectivity index (χ3v) is 2.65. The molecular weight excluding hydrogens is 230 g/mol. The summed E-state index contributed by atoms with van der Waals surface area (Å²) in [6, 6.07) is 9.30. The highest BCUT2D eigenvalue weighted by Gasteiger charge is 2.23. The Kier molecular flexibility index (Phi) is 5.65. The second-order valence-electron chi connectivity index (χ2n) is 4.42. The fourth-order valence-corrected chi connectivity index (χ4v) is 1.72. The van der Waals surface area contributed by atoms with Crippen molar-refractivity contribution in [1.82, 2.24) is 4.90 Å². The second kappa shape index (κ2) is 7.01. The lowest BCUT2D eigenvalue weighted by Gasteiger charge is -2.28. The minimum Gasteiger partial charge on any atom is -0.481 e. The quantitative estimate of drug-likeness (QED) is 0.837. The Morgan fingerprint density at radius 3 is 2.39 bits per heavy atom. The molecule has 0 heterocycles. The van der Waals surface area contributed by atoms with Gasteiger partial charge in [0.25, 0.3) is 5.91 Å². The Hall–Kier alpha value is -1.55. The van der Waals surface area contributed by atoms with Gasteiger partial charge in [-0.1, -0.05) is 18.2 Å². The van der Waals surface area contributed by atoms with Crippen molar-refractivity contribution in [2.75, 3.05) is 13.2 Å². The van der Waals surface area contributed by atoms with Crippen LogP contribution in [0.15, 0.2) is 30.3 Å². The van der Waals surface area contributed by atoms with Gasteiger partial charge >= 0.3 is 0 Å². The van der Waals surface area contributed by atoms with Crippen molar-refractivity contribution >= 4 is 5.91 Å². The molecular formula is C14H21NO3. The summed E-state index contributed by atoms with van der Waals surface area (Å²) < 4.78 is 5.58. The monoisotopic (exact) mass is 251 g/mol. The highest BCUT2D eigenvalue weighted by Crippen LogP contribution is 2.13. The summed E-state index contributed by atoms with van der Waals surface area (Å²) >= 11 is 0. The topological polar surface area (TPSA) is 49.8 Å². The number of ether oxygens (including phenoxy) is 1. The van der Waals surface area contributed by atoms with E-state index in [1.165, 1.54) is 0 Å². The maximum atomic E-state index is 12.2. The van der Waals surface area contributed by atoms with E-state index in [1.807, 2.05) is 44.2 Å². The highest BCUT2D eigenvalue weighted by molar-refractivity contribution is 5.81. The molecule has 1 N–H and O–H groups in total. The number of benzene rings is 1. The molecule has 0 aliphatic carbocycles. The minimum absolute atomic E-state index is 0.0397. The third-order valence-electron chi connectivity index (χ3n) is 2.65. The van der Waals surface area contributed by atoms with Gasteiger partial charge in [0.05, 0.1) is 6.61 Å². The van der Waals surface area contributed by atoms with Crippen LogP contribution in [0.1, 0.15) is 20.8 Å². The van der Waals surface area contributed by atoms with Crippen LogP contribution in [0.4, 0.5) is 0 Å². The number of carbonyl (C=O) groups is 1. The predicted octanol–water partition coefficient (Wildman–Crippen LogP) is 1.68. The number of rotatable bonds is 6. The molecule has 1 aromatic rings. The van der Waals surface area contributed by atoms with Crippen LogP contribution < -0.4 is 4.74 Å². The van der Waals surface area contributed by atoms with E-state index >= 15 is 0 Å². The number of hydrogen-bond donors (Lipinski definition) is 1. The first kappa shape index (κ1) is 14.5. The minimum atomic E-state index is -0.554. The predicted molar refractivity (Wildman–Crippen MR) is 70.5 cm³/mol. The van der Waals surface area contributed by atoms with Gasteiger partial charge in [-0.05, 0) is 32.9 Å². The molecule has 1 atom stereocenters. The first-order chi connectivity index (χ1) is 8.56. The number of amides is 1. The van der Waals surface area contributed by atoms with E-state index in [9.17, 15) is 4.79 Å². The standard InChI is InChI=1S/C14H21NO3/c1-11(2)15(9-10-16)14(17)12(3)18-13-7-5-4-6-8-13/h4-8,11-12,16H,9-10H2,1-3H3. The van der Waals surface area contributed by atoms with Crippen molar-refractivity contribution in [3.63, 3.8) is 0 Å². The van der Waals surface area contributed by atoms with E-state index in [-0.39, 0.29) is 18.6 Å². The van der Waals surface area contributed by atoms with Crippen molar-refractivity contribution in [3.05, 3.63) is 30.3 Å². The van der Waals surface area contributed by atoms with E-state index in [0.29, 0.717) is 12.3 Å². The lowest BCUT2D eigenvalue weighted by molar-refractivity contribution is -0.140. The summed E-state index contributed by atoms with van der Waals surface area (Å²) in [5.41, 5.74) is 0. The SMILES string of the molecule is CC(Oc1ccccc1)C(=O)N(CCO)C(C)C. The summed E-state index contributed by atoms with van der Waals surface area (Å²) in [4.78, 5) is 13.8. The first-order valence-corrected chi connectivity index (χ1v) is 6.19. The number of carbonyl (C=O) groups excluding carboxylic acids is 1. The molecule has 0 aliphatic heterocycles.